The zero-order valence-electron chi connectivity index (χ0n) is 19.2. The fourth-order valence-corrected chi connectivity index (χ4v) is 6.67. The van der Waals surface area contributed by atoms with Crippen LogP contribution in [0.15, 0.2) is 34.5 Å². The third-order valence-electron chi connectivity index (χ3n) is 6.09. The maximum absolute atomic E-state index is 13.2. The highest BCUT2D eigenvalue weighted by Crippen LogP contribution is 2.32. The third-order valence-corrected chi connectivity index (χ3v) is 8.99. The summed E-state index contributed by atoms with van der Waals surface area (Å²) in [5.74, 6) is -0.159. The number of thiophene rings is 1. The minimum atomic E-state index is -3.65. The van der Waals surface area contributed by atoms with Crippen LogP contribution in [0.2, 0.25) is 0 Å². The molecular weight excluding hydrogens is 460 g/mol. The van der Waals surface area contributed by atoms with Gasteiger partial charge in [-0.15, -0.1) is 11.3 Å². The van der Waals surface area contributed by atoms with Crippen molar-refractivity contribution < 1.29 is 17.9 Å². The van der Waals surface area contributed by atoms with Gasteiger partial charge in [0.25, 0.3) is 0 Å². The van der Waals surface area contributed by atoms with Crippen LogP contribution in [-0.4, -0.2) is 76.5 Å². The minimum absolute atomic E-state index is 0.159. The van der Waals surface area contributed by atoms with Crippen LogP contribution in [0.25, 0.3) is 0 Å². The molecule has 2 aliphatic rings. The molecule has 0 radical (unpaired) electrons. The fraction of sp³-hybridized carbons (Fsp3) is 0.522. The SMILES string of the molecule is Cc1ccsc1CN(C)CC(=O)Nc1cc(S(=O)(=O)N2CCOCC2)ccc1N1CCCC1. The first-order chi connectivity index (χ1) is 15.8. The number of sulfonamides is 1. The van der Waals surface area contributed by atoms with Crippen molar-refractivity contribution >= 4 is 38.6 Å². The van der Waals surface area contributed by atoms with Crippen molar-refractivity contribution in [1.82, 2.24) is 9.21 Å². The number of carbonyl (C=O) groups is 1. The maximum atomic E-state index is 13.2. The number of carbonyl (C=O) groups excluding carboxylic acids is 1. The summed E-state index contributed by atoms with van der Waals surface area (Å²) in [7, 11) is -1.73. The standard InChI is InChI=1S/C23H32N4O4S2/c1-18-7-14-32-22(18)16-25(2)17-23(28)24-20-15-19(5-6-21(20)26-8-3-4-9-26)33(29,30)27-10-12-31-13-11-27/h5-7,14-15H,3-4,8-13,16-17H2,1-2H3,(H,24,28). The monoisotopic (exact) mass is 492 g/mol. The highest BCUT2D eigenvalue weighted by molar-refractivity contribution is 7.89. The number of likely N-dealkylation sites (N-methyl/N-ethyl adjacent to an activating group) is 1. The van der Waals surface area contributed by atoms with Crippen molar-refractivity contribution in [1.29, 1.82) is 0 Å². The van der Waals surface area contributed by atoms with Gasteiger partial charge in [-0.05, 0) is 62.0 Å². The molecular formula is C23H32N4O4S2. The predicted octanol–water partition coefficient (Wildman–Crippen LogP) is 2.75. The first-order valence-corrected chi connectivity index (χ1v) is 13.6. The molecule has 10 heteroatoms. The summed E-state index contributed by atoms with van der Waals surface area (Å²) in [5, 5.41) is 5.06. The van der Waals surface area contributed by atoms with Gasteiger partial charge in [-0.2, -0.15) is 4.31 Å². The lowest BCUT2D eigenvalue weighted by atomic mass is 10.2. The number of hydrogen-bond acceptors (Lipinski definition) is 7. The summed E-state index contributed by atoms with van der Waals surface area (Å²) in [4.78, 5) is 18.5. The molecule has 2 aliphatic heterocycles. The number of hydrogen-bond donors (Lipinski definition) is 1. The van der Waals surface area contributed by atoms with Gasteiger partial charge in [-0.3, -0.25) is 9.69 Å². The molecule has 2 fully saturated rings. The number of nitrogens with zero attached hydrogens (tertiary/aromatic N) is 3. The number of anilines is 2. The van der Waals surface area contributed by atoms with Gasteiger partial charge in [0.2, 0.25) is 15.9 Å². The van der Waals surface area contributed by atoms with E-state index in [4.69, 9.17) is 4.74 Å². The normalized spacial score (nSPS) is 17.6. The molecule has 0 saturated carbocycles. The Morgan fingerprint density at radius 3 is 2.55 bits per heavy atom. The van der Waals surface area contributed by atoms with Crippen LogP contribution in [0.1, 0.15) is 23.3 Å². The van der Waals surface area contributed by atoms with Crippen molar-refractivity contribution in [2.75, 3.05) is 63.2 Å². The lowest BCUT2D eigenvalue weighted by Gasteiger charge is -2.27. The molecule has 4 rings (SSSR count). The molecule has 1 aromatic heterocycles. The van der Waals surface area contributed by atoms with E-state index in [-0.39, 0.29) is 17.3 Å². The van der Waals surface area contributed by atoms with Crippen LogP contribution >= 0.6 is 11.3 Å². The van der Waals surface area contributed by atoms with Gasteiger partial charge >= 0.3 is 0 Å². The number of ether oxygens (including phenoxy) is 1. The molecule has 1 amide bonds. The highest BCUT2D eigenvalue weighted by atomic mass is 32.2. The van der Waals surface area contributed by atoms with E-state index < -0.39 is 10.0 Å². The molecule has 1 N–H and O–H groups in total. The van der Waals surface area contributed by atoms with Crippen LogP contribution in [0.4, 0.5) is 11.4 Å². The first kappa shape index (κ1) is 24.2. The summed E-state index contributed by atoms with van der Waals surface area (Å²) in [6.07, 6.45) is 2.17. The van der Waals surface area contributed by atoms with Crippen molar-refractivity contribution in [2.24, 2.45) is 0 Å². The van der Waals surface area contributed by atoms with E-state index in [2.05, 4.69) is 28.6 Å². The summed E-state index contributed by atoms with van der Waals surface area (Å²) in [6, 6.07) is 7.17. The first-order valence-electron chi connectivity index (χ1n) is 11.3. The Morgan fingerprint density at radius 1 is 1.15 bits per heavy atom. The molecule has 8 nitrogen and oxygen atoms in total. The third kappa shape index (κ3) is 5.75. The summed E-state index contributed by atoms with van der Waals surface area (Å²) in [5.41, 5.74) is 2.65. The molecule has 0 aliphatic carbocycles. The van der Waals surface area contributed by atoms with E-state index >= 15 is 0 Å². The summed E-state index contributed by atoms with van der Waals surface area (Å²) in [6.45, 7) is 6.25. The van der Waals surface area contributed by atoms with Gasteiger partial charge in [0.1, 0.15) is 0 Å². The minimum Gasteiger partial charge on any atom is -0.379 e. The van der Waals surface area contributed by atoms with E-state index in [1.165, 1.54) is 14.7 Å². The van der Waals surface area contributed by atoms with E-state index in [1.807, 2.05) is 18.0 Å². The van der Waals surface area contributed by atoms with E-state index in [9.17, 15) is 13.2 Å². The molecule has 0 atom stereocenters. The molecule has 3 heterocycles. The number of rotatable bonds is 8. The van der Waals surface area contributed by atoms with Gasteiger partial charge < -0.3 is 15.0 Å². The quantitative estimate of drug-likeness (QED) is 0.610. The Bertz CT molecular complexity index is 1070. The number of benzene rings is 1. The second-order valence-corrected chi connectivity index (χ2v) is 11.6. The molecule has 180 valence electrons. The van der Waals surface area contributed by atoms with Gasteiger partial charge in [0.05, 0.1) is 36.0 Å². The lowest BCUT2D eigenvalue weighted by molar-refractivity contribution is -0.117. The Hall–Kier alpha value is -1.98. The Kier molecular flexibility index (Phi) is 7.70. The van der Waals surface area contributed by atoms with Crippen molar-refractivity contribution in [3.05, 3.63) is 40.1 Å². The Balaban J connectivity index is 1.53. The molecule has 33 heavy (non-hydrogen) atoms. The van der Waals surface area contributed by atoms with E-state index in [0.717, 1.165) is 31.6 Å². The van der Waals surface area contributed by atoms with Gasteiger partial charge in [-0.25, -0.2) is 8.42 Å². The molecule has 2 saturated heterocycles. The Labute approximate surface area is 200 Å². The van der Waals surface area contributed by atoms with Crippen LogP contribution in [0.3, 0.4) is 0 Å². The summed E-state index contributed by atoms with van der Waals surface area (Å²) >= 11 is 1.69. The van der Waals surface area contributed by atoms with Gasteiger partial charge in [0.15, 0.2) is 0 Å². The number of morpholine rings is 1. The van der Waals surface area contributed by atoms with Crippen LogP contribution in [0.5, 0.6) is 0 Å². The maximum Gasteiger partial charge on any atom is 0.243 e. The largest absolute Gasteiger partial charge is 0.379 e. The van der Waals surface area contributed by atoms with E-state index in [0.29, 0.717) is 38.5 Å². The zero-order valence-corrected chi connectivity index (χ0v) is 20.9. The van der Waals surface area contributed by atoms with E-state index in [1.54, 1.807) is 23.5 Å². The molecule has 0 bridgehead atoms. The molecule has 0 spiro atoms. The van der Waals surface area contributed by atoms with Crippen LogP contribution < -0.4 is 10.2 Å². The van der Waals surface area contributed by atoms with Crippen molar-refractivity contribution in [2.45, 2.75) is 31.2 Å². The highest BCUT2D eigenvalue weighted by Gasteiger charge is 2.28. The number of amides is 1. The average Bonchev–Trinajstić information content (AvgIpc) is 3.46. The van der Waals surface area contributed by atoms with Gasteiger partial charge in [-0.1, -0.05) is 0 Å². The summed E-state index contributed by atoms with van der Waals surface area (Å²) < 4.78 is 33.1. The van der Waals surface area contributed by atoms with Crippen LogP contribution in [-0.2, 0) is 26.1 Å². The van der Waals surface area contributed by atoms with Crippen LogP contribution in [0, 0.1) is 6.92 Å². The second-order valence-electron chi connectivity index (χ2n) is 8.64. The number of aryl methyl sites for hydroxylation is 1. The molecule has 2 aromatic rings. The molecule has 0 unspecified atom stereocenters. The topological polar surface area (TPSA) is 82.2 Å². The predicted molar refractivity (Wildman–Crippen MR) is 131 cm³/mol. The number of nitrogens with one attached hydrogen (secondary N) is 1. The second kappa shape index (κ2) is 10.5. The van der Waals surface area contributed by atoms with Crippen molar-refractivity contribution in [3.8, 4) is 0 Å². The smallest absolute Gasteiger partial charge is 0.243 e. The van der Waals surface area contributed by atoms with Crippen molar-refractivity contribution in [3.63, 3.8) is 0 Å². The average molecular weight is 493 g/mol. The molecule has 1 aromatic carbocycles. The zero-order chi connectivity index (χ0) is 23.4. The van der Waals surface area contributed by atoms with Gasteiger partial charge in [0, 0.05) is 37.6 Å². The lowest BCUT2D eigenvalue weighted by Crippen LogP contribution is -2.40. The fourth-order valence-electron chi connectivity index (χ4n) is 4.25. The Morgan fingerprint density at radius 2 is 1.88 bits per heavy atom.